The molecule has 0 aliphatic carbocycles. The van der Waals surface area contributed by atoms with E-state index in [4.69, 9.17) is 0 Å². The van der Waals surface area contributed by atoms with Gasteiger partial charge in [0.05, 0.1) is 0 Å². The Labute approximate surface area is 91.7 Å². The van der Waals surface area contributed by atoms with Crippen LogP contribution in [-0.4, -0.2) is 23.1 Å². The Balaban J connectivity index is 2.35. The maximum absolute atomic E-state index is 12.6. The number of alkyl halides is 3. The molecular formula is C10H14F3N3. The fraction of sp³-hybridized carbons (Fsp3) is 0.700. The number of imidazole rings is 1. The lowest BCUT2D eigenvalue weighted by atomic mass is 9.96. The predicted octanol–water partition coefficient (Wildman–Crippen LogP) is 2.00. The Hall–Kier alpha value is -1.04. The van der Waals surface area contributed by atoms with E-state index in [1.54, 1.807) is 7.05 Å². The summed E-state index contributed by atoms with van der Waals surface area (Å²) in [6.07, 6.45) is -1.29. The van der Waals surface area contributed by atoms with Crippen molar-refractivity contribution in [1.82, 2.24) is 14.9 Å². The number of halogens is 3. The number of nitrogens with zero attached hydrogens (tertiary/aromatic N) is 2. The highest BCUT2D eigenvalue weighted by molar-refractivity contribution is 5.15. The maximum Gasteiger partial charge on any atom is 0.449 e. The number of nitrogens with one attached hydrogen (secondary N) is 1. The van der Waals surface area contributed by atoms with Gasteiger partial charge in [-0.15, -0.1) is 0 Å². The SMILES string of the molecule is CNCC1CCCn2c1cnc2C(F)(F)F. The summed E-state index contributed by atoms with van der Waals surface area (Å²) < 4.78 is 39.2. The van der Waals surface area contributed by atoms with E-state index in [1.165, 1.54) is 10.8 Å². The number of hydrogen-bond acceptors (Lipinski definition) is 2. The van der Waals surface area contributed by atoms with Crippen LogP contribution in [0, 0.1) is 0 Å². The van der Waals surface area contributed by atoms with Crippen LogP contribution in [0.15, 0.2) is 6.20 Å². The van der Waals surface area contributed by atoms with Gasteiger partial charge in [0.2, 0.25) is 5.82 Å². The first-order chi connectivity index (χ1) is 7.54. The highest BCUT2D eigenvalue weighted by Crippen LogP contribution is 2.34. The normalized spacial score (nSPS) is 20.9. The third-order valence-corrected chi connectivity index (χ3v) is 2.94. The summed E-state index contributed by atoms with van der Waals surface area (Å²) in [5.41, 5.74) is 0.702. The maximum atomic E-state index is 12.6. The first-order valence-electron chi connectivity index (χ1n) is 5.31. The molecule has 1 aliphatic rings. The molecule has 0 saturated carbocycles. The fourth-order valence-corrected chi connectivity index (χ4v) is 2.27. The molecule has 0 aromatic carbocycles. The van der Waals surface area contributed by atoms with Gasteiger partial charge >= 0.3 is 6.18 Å². The molecule has 3 nitrogen and oxygen atoms in total. The van der Waals surface area contributed by atoms with Gasteiger partial charge in [0.25, 0.3) is 0 Å². The lowest BCUT2D eigenvalue weighted by molar-refractivity contribution is -0.147. The van der Waals surface area contributed by atoms with Gasteiger partial charge in [-0.2, -0.15) is 13.2 Å². The summed E-state index contributed by atoms with van der Waals surface area (Å²) in [4.78, 5) is 3.51. The Bertz CT molecular complexity index is 370. The summed E-state index contributed by atoms with van der Waals surface area (Å²) in [6.45, 7) is 1.12. The molecule has 16 heavy (non-hydrogen) atoms. The zero-order valence-electron chi connectivity index (χ0n) is 9.01. The molecule has 0 amide bonds. The van der Waals surface area contributed by atoms with Gasteiger partial charge in [0.15, 0.2) is 0 Å². The van der Waals surface area contributed by atoms with Crippen molar-refractivity contribution >= 4 is 0 Å². The van der Waals surface area contributed by atoms with Crippen LogP contribution in [-0.2, 0) is 12.7 Å². The molecule has 0 radical (unpaired) electrons. The van der Waals surface area contributed by atoms with Crippen molar-refractivity contribution in [2.24, 2.45) is 0 Å². The van der Waals surface area contributed by atoms with Crippen molar-refractivity contribution in [3.63, 3.8) is 0 Å². The lowest BCUT2D eigenvalue weighted by Crippen LogP contribution is -2.26. The van der Waals surface area contributed by atoms with Crippen LogP contribution in [0.2, 0.25) is 0 Å². The zero-order chi connectivity index (χ0) is 11.8. The molecule has 2 heterocycles. The molecule has 1 aromatic heterocycles. The third kappa shape index (κ3) is 1.93. The predicted molar refractivity (Wildman–Crippen MR) is 53.1 cm³/mol. The summed E-state index contributed by atoms with van der Waals surface area (Å²) in [6, 6.07) is 0. The number of rotatable bonds is 2. The second-order valence-electron chi connectivity index (χ2n) is 4.05. The van der Waals surface area contributed by atoms with Gasteiger partial charge in [-0.05, 0) is 19.9 Å². The molecule has 1 atom stereocenters. The molecule has 2 rings (SSSR count). The van der Waals surface area contributed by atoms with Crippen molar-refractivity contribution in [2.45, 2.75) is 31.5 Å². The van der Waals surface area contributed by atoms with E-state index < -0.39 is 12.0 Å². The van der Waals surface area contributed by atoms with Crippen LogP contribution in [0.3, 0.4) is 0 Å². The Morgan fingerprint density at radius 1 is 1.56 bits per heavy atom. The fourth-order valence-electron chi connectivity index (χ4n) is 2.27. The second-order valence-corrected chi connectivity index (χ2v) is 4.05. The summed E-state index contributed by atoms with van der Waals surface area (Å²) in [5.74, 6) is -0.620. The van der Waals surface area contributed by atoms with Crippen molar-refractivity contribution in [3.05, 3.63) is 17.7 Å². The number of hydrogen-bond donors (Lipinski definition) is 1. The van der Waals surface area contributed by atoms with E-state index in [9.17, 15) is 13.2 Å². The van der Waals surface area contributed by atoms with E-state index >= 15 is 0 Å². The van der Waals surface area contributed by atoms with E-state index in [2.05, 4.69) is 10.3 Å². The third-order valence-electron chi connectivity index (χ3n) is 2.94. The van der Waals surface area contributed by atoms with E-state index in [-0.39, 0.29) is 5.92 Å². The van der Waals surface area contributed by atoms with Crippen molar-refractivity contribution < 1.29 is 13.2 Å². The van der Waals surface area contributed by atoms with E-state index in [1.807, 2.05) is 0 Å². The van der Waals surface area contributed by atoms with Gasteiger partial charge in [-0.25, -0.2) is 4.98 Å². The molecule has 1 N–H and O–H groups in total. The van der Waals surface area contributed by atoms with Gasteiger partial charge in [-0.3, -0.25) is 0 Å². The molecule has 90 valence electrons. The Morgan fingerprint density at radius 2 is 2.31 bits per heavy atom. The zero-order valence-corrected chi connectivity index (χ0v) is 9.01. The highest BCUT2D eigenvalue weighted by Gasteiger charge is 2.38. The van der Waals surface area contributed by atoms with Crippen molar-refractivity contribution in [2.75, 3.05) is 13.6 Å². The standard InChI is InChI=1S/C10H14F3N3/c1-14-5-7-3-2-4-16-8(7)6-15-9(16)10(11,12)13/h6-7,14H,2-5H2,1H3. The Morgan fingerprint density at radius 3 is 2.94 bits per heavy atom. The summed E-state index contributed by atoms with van der Waals surface area (Å²) >= 11 is 0. The summed E-state index contributed by atoms with van der Waals surface area (Å²) in [5, 5.41) is 3.00. The first-order valence-corrected chi connectivity index (χ1v) is 5.31. The van der Waals surface area contributed by atoms with Crippen LogP contribution in [0.1, 0.15) is 30.3 Å². The monoisotopic (exact) mass is 233 g/mol. The largest absolute Gasteiger partial charge is 0.449 e. The quantitative estimate of drug-likeness (QED) is 0.846. The Kier molecular flexibility index (Phi) is 2.92. The molecule has 0 saturated heterocycles. The molecule has 0 spiro atoms. The molecule has 1 aliphatic heterocycles. The van der Waals surface area contributed by atoms with Gasteiger partial charge in [0.1, 0.15) is 0 Å². The second kappa shape index (κ2) is 4.08. The average molecular weight is 233 g/mol. The smallest absolute Gasteiger partial charge is 0.324 e. The summed E-state index contributed by atoms with van der Waals surface area (Å²) in [7, 11) is 1.81. The average Bonchev–Trinajstić information content (AvgIpc) is 2.62. The van der Waals surface area contributed by atoms with Gasteiger partial charge in [-0.1, -0.05) is 0 Å². The van der Waals surface area contributed by atoms with Crippen molar-refractivity contribution in [3.8, 4) is 0 Å². The lowest BCUT2D eigenvalue weighted by Gasteiger charge is -2.25. The minimum atomic E-state index is -4.35. The molecule has 0 fully saturated rings. The van der Waals surface area contributed by atoms with E-state index in [0.717, 1.165) is 12.8 Å². The van der Waals surface area contributed by atoms with Crippen LogP contribution < -0.4 is 5.32 Å². The molecule has 6 heteroatoms. The first kappa shape index (κ1) is 11.4. The minimum absolute atomic E-state index is 0.141. The highest BCUT2D eigenvalue weighted by atomic mass is 19.4. The number of fused-ring (bicyclic) bond motifs is 1. The van der Waals surface area contributed by atoms with Gasteiger partial charge in [0, 0.05) is 30.9 Å². The molecule has 1 unspecified atom stereocenters. The van der Waals surface area contributed by atoms with Crippen molar-refractivity contribution in [1.29, 1.82) is 0 Å². The van der Waals surface area contributed by atoms with Crippen LogP contribution in [0.5, 0.6) is 0 Å². The number of likely N-dealkylation sites (N-methyl/N-ethyl adjacent to an activating group) is 1. The number of aromatic nitrogens is 2. The molecule has 0 bridgehead atoms. The molecular weight excluding hydrogens is 219 g/mol. The van der Waals surface area contributed by atoms with E-state index in [0.29, 0.717) is 18.8 Å². The minimum Gasteiger partial charge on any atom is -0.324 e. The van der Waals surface area contributed by atoms with Crippen LogP contribution in [0.4, 0.5) is 13.2 Å². The topological polar surface area (TPSA) is 29.9 Å². The van der Waals surface area contributed by atoms with Crippen LogP contribution in [0.25, 0.3) is 0 Å². The van der Waals surface area contributed by atoms with Crippen LogP contribution >= 0.6 is 0 Å². The van der Waals surface area contributed by atoms with Gasteiger partial charge < -0.3 is 9.88 Å². The molecule has 1 aromatic rings.